The van der Waals surface area contributed by atoms with Crippen LogP contribution < -0.4 is 4.72 Å². The molecule has 1 aromatic heterocycles. The van der Waals surface area contributed by atoms with E-state index in [0.29, 0.717) is 36.1 Å². The molecule has 1 heterocycles. The van der Waals surface area contributed by atoms with Crippen molar-refractivity contribution in [1.82, 2.24) is 9.71 Å². The number of benzene rings is 1. The van der Waals surface area contributed by atoms with Gasteiger partial charge in [0.05, 0.1) is 16.7 Å². The number of aromatic nitrogens is 1. The number of nitrogens with zero attached hydrogens (tertiary/aromatic N) is 2. The Morgan fingerprint density at radius 3 is 2.69 bits per heavy atom. The lowest BCUT2D eigenvalue weighted by Gasteiger charge is -2.14. The number of aryl methyl sites for hydroxylation is 1. The van der Waals surface area contributed by atoms with E-state index in [2.05, 4.69) is 9.71 Å². The first-order chi connectivity index (χ1) is 12.3. The molecule has 1 aliphatic carbocycles. The number of rotatable bonds is 4. The summed E-state index contributed by atoms with van der Waals surface area (Å²) in [5, 5.41) is 18.5. The monoisotopic (exact) mass is 375 g/mol. The largest absolute Gasteiger partial charge is 0.393 e. The Labute approximate surface area is 151 Å². The van der Waals surface area contributed by atoms with Crippen molar-refractivity contribution in [2.24, 2.45) is 0 Å². The van der Waals surface area contributed by atoms with Gasteiger partial charge in [-0.3, -0.25) is 0 Å². The first-order valence-corrected chi connectivity index (χ1v) is 9.66. The topological polar surface area (TPSA) is 103 Å². The fourth-order valence-corrected chi connectivity index (χ4v) is 4.48. The molecule has 2 aromatic rings. The second-order valence-corrected chi connectivity index (χ2v) is 8.11. The number of halogens is 1. The molecule has 136 valence electrons. The Bertz CT molecular complexity index is 986. The second-order valence-electron chi connectivity index (χ2n) is 6.40. The fraction of sp³-hybridized carbons (Fsp3) is 0.333. The highest BCUT2D eigenvalue weighted by Crippen LogP contribution is 2.26. The predicted octanol–water partition coefficient (Wildman–Crippen LogP) is 2.26. The van der Waals surface area contributed by atoms with Crippen LogP contribution in [0, 0.1) is 24.1 Å². The van der Waals surface area contributed by atoms with Crippen molar-refractivity contribution in [2.75, 3.05) is 0 Å². The molecule has 0 unspecified atom stereocenters. The van der Waals surface area contributed by atoms with Crippen molar-refractivity contribution in [3.05, 3.63) is 47.4 Å². The summed E-state index contributed by atoms with van der Waals surface area (Å²) in [4.78, 5) is 4.09. The van der Waals surface area contributed by atoms with E-state index in [1.807, 2.05) is 0 Å². The minimum atomic E-state index is -3.70. The van der Waals surface area contributed by atoms with E-state index in [0.717, 1.165) is 6.07 Å². The molecule has 1 aliphatic rings. The zero-order chi connectivity index (χ0) is 18.9. The first-order valence-electron chi connectivity index (χ1n) is 8.18. The second kappa shape index (κ2) is 7.11. The molecule has 3 rings (SSSR count). The van der Waals surface area contributed by atoms with Crippen LogP contribution in [0.15, 0.2) is 35.2 Å². The average molecular weight is 375 g/mol. The Morgan fingerprint density at radius 1 is 1.31 bits per heavy atom. The molecule has 1 saturated carbocycles. The highest BCUT2D eigenvalue weighted by Gasteiger charge is 2.27. The molecular formula is C18H18FN3O3S. The molecule has 0 bridgehead atoms. The summed E-state index contributed by atoms with van der Waals surface area (Å²) in [5.41, 5.74) is 1.36. The Balaban J connectivity index is 1.89. The molecule has 6 nitrogen and oxygen atoms in total. The molecule has 1 aromatic carbocycles. The highest BCUT2D eigenvalue weighted by atomic mass is 32.2. The van der Waals surface area contributed by atoms with Gasteiger partial charge in [0.2, 0.25) is 10.0 Å². The molecule has 2 atom stereocenters. The van der Waals surface area contributed by atoms with Crippen LogP contribution in [0.1, 0.15) is 30.5 Å². The number of sulfonamides is 1. The van der Waals surface area contributed by atoms with Crippen molar-refractivity contribution in [1.29, 1.82) is 5.26 Å². The van der Waals surface area contributed by atoms with E-state index in [1.54, 1.807) is 19.1 Å². The SMILES string of the molecule is Cc1cc(S(=O)(=O)N[C@@H]2CC[C@H](O)C2)ccc1-c1ccc(F)c(C#N)n1. The lowest BCUT2D eigenvalue weighted by atomic mass is 10.1. The van der Waals surface area contributed by atoms with Crippen LogP contribution in [0.3, 0.4) is 0 Å². The van der Waals surface area contributed by atoms with Gasteiger partial charge in [0, 0.05) is 11.6 Å². The Morgan fingerprint density at radius 2 is 2.08 bits per heavy atom. The quantitative estimate of drug-likeness (QED) is 0.853. The third-order valence-electron chi connectivity index (χ3n) is 4.46. The average Bonchev–Trinajstić information content (AvgIpc) is 2.99. The van der Waals surface area contributed by atoms with Crippen molar-refractivity contribution in [3.63, 3.8) is 0 Å². The van der Waals surface area contributed by atoms with Crippen molar-refractivity contribution >= 4 is 10.0 Å². The van der Waals surface area contributed by atoms with E-state index >= 15 is 0 Å². The normalized spacial score (nSPS) is 20.1. The van der Waals surface area contributed by atoms with Gasteiger partial charge < -0.3 is 5.11 Å². The summed E-state index contributed by atoms with van der Waals surface area (Å²) in [5.74, 6) is -0.698. The number of nitriles is 1. The van der Waals surface area contributed by atoms with Gasteiger partial charge in [0.1, 0.15) is 6.07 Å². The summed E-state index contributed by atoms with van der Waals surface area (Å²) in [7, 11) is -3.70. The lowest BCUT2D eigenvalue weighted by molar-refractivity contribution is 0.181. The van der Waals surface area contributed by atoms with Crippen LogP contribution >= 0.6 is 0 Å². The van der Waals surface area contributed by atoms with Gasteiger partial charge in [0.25, 0.3) is 0 Å². The maximum absolute atomic E-state index is 13.4. The van der Waals surface area contributed by atoms with Crippen LogP contribution in [0.5, 0.6) is 0 Å². The molecule has 1 fully saturated rings. The van der Waals surface area contributed by atoms with Crippen LogP contribution in [0.2, 0.25) is 0 Å². The van der Waals surface area contributed by atoms with Gasteiger partial charge in [0.15, 0.2) is 11.5 Å². The summed E-state index contributed by atoms with van der Waals surface area (Å²) < 4.78 is 41.1. The number of pyridine rings is 1. The van der Waals surface area contributed by atoms with Crippen LogP contribution in [0.25, 0.3) is 11.3 Å². The first kappa shape index (κ1) is 18.5. The molecule has 0 aliphatic heterocycles. The number of aliphatic hydroxyl groups excluding tert-OH is 1. The van der Waals surface area contributed by atoms with E-state index in [4.69, 9.17) is 5.26 Å². The van der Waals surface area contributed by atoms with Crippen molar-refractivity contribution in [3.8, 4) is 17.3 Å². The minimum Gasteiger partial charge on any atom is -0.393 e. The number of aliphatic hydroxyl groups is 1. The zero-order valence-corrected chi connectivity index (χ0v) is 14.9. The van der Waals surface area contributed by atoms with Crippen LogP contribution in [-0.2, 0) is 10.0 Å². The van der Waals surface area contributed by atoms with E-state index < -0.39 is 21.9 Å². The molecule has 8 heteroatoms. The van der Waals surface area contributed by atoms with Gasteiger partial charge in [-0.2, -0.15) is 5.26 Å². The summed E-state index contributed by atoms with van der Waals surface area (Å²) in [6.45, 7) is 1.73. The van der Waals surface area contributed by atoms with Crippen LogP contribution in [-0.4, -0.2) is 30.7 Å². The fourth-order valence-electron chi connectivity index (χ4n) is 3.11. The number of hydrogen-bond donors (Lipinski definition) is 2. The maximum atomic E-state index is 13.4. The Hall–Kier alpha value is -2.34. The summed E-state index contributed by atoms with van der Waals surface area (Å²) in [6, 6.07) is 8.59. The molecule has 2 N–H and O–H groups in total. The number of hydrogen-bond acceptors (Lipinski definition) is 5. The standard InChI is InChI=1S/C18H18FN3O3S/c1-11-8-14(26(24,25)22-12-2-3-13(23)9-12)4-5-15(11)17-7-6-16(19)18(10-20)21-17/h4-8,12-13,22-23H,2-3,9H2,1H3/t12-,13+/m1/s1. The van der Waals surface area contributed by atoms with Crippen molar-refractivity contribution in [2.45, 2.75) is 43.2 Å². The minimum absolute atomic E-state index is 0.114. The third-order valence-corrected chi connectivity index (χ3v) is 5.98. The molecule has 0 amide bonds. The van der Waals surface area contributed by atoms with Crippen LogP contribution in [0.4, 0.5) is 4.39 Å². The predicted molar refractivity (Wildman–Crippen MR) is 93.1 cm³/mol. The Kier molecular flexibility index (Phi) is 5.05. The van der Waals surface area contributed by atoms with E-state index in [9.17, 15) is 17.9 Å². The molecule has 0 radical (unpaired) electrons. The third kappa shape index (κ3) is 3.75. The van der Waals surface area contributed by atoms with Gasteiger partial charge in [-0.05, 0) is 56.0 Å². The van der Waals surface area contributed by atoms with Gasteiger partial charge in [-0.1, -0.05) is 6.07 Å². The summed E-state index contributed by atoms with van der Waals surface area (Å²) >= 11 is 0. The maximum Gasteiger partial charge on any atom is 0.240 e. The number of nitrogens with one attached hydrogen (secondary N) is 1. The lowest BCUT2D eigenvalue weighted by Crippen LogP contribution is -2.33. The molecule has 26 heavy (non-hydrogen) atoms. The van der Waals surface area contributed by atoms with Gasteiger partial charge in [-0.25, -0.2) is 22.5 Å². The smallest absolute Gasteiger partial charge is 0.240 e. The molecular weight excluding hydrogens is 357 g/mol. The van der Waals surface area contributed by atoms with E-state index in [1.165, 1.54) is 18.2 Å². The molecule has 0 saturated heterocycles. The summed E-state index contributed by atoms with van der Waals surface area (Å²) in [6.07, 6.45) is 1.13. The van der Waals surface area contributed by atoms with E-state index in [-0.39, 0.29) is 16.6 Å². The van der Waals surface area contributed by atoms with Crippen molar-refractivity contribution < 1.29 is 17.9 Å². The highest BCUT2D eigenvalue weighted by molar-refractivity contribution is 7.89. The molecule has 0 spiro atoms. The van der Waals surface area contributed by atoms with Gasteiger partial charge in [-0.15, -0.1) is 0 Å². The van der Waals surface area contributed by atoms with Gasteiger partial charge >= 0.3 is 0 Å². The zero-order valence-electron chi connectivity index (χ0n) is 14.1.